The highest BCUT2D eigenvalue weighted by Gasteiger charge is 2.17. The number of pyridine rings is 1. The lowest BCUT2D eigenvalue weighted by Crippen LogP contribution is -2.17. The largest absolute Gasteiger partial charge is 0.318 e. The first kappa shape index (κ1) is 24.0. The van der Waals surface area contributed by atoms with Gasteiger partial charge in [0.1, 0.15) is 11.5 Å². The third-order valence-corrected chi connectivity index (χ3v) is 5.79. The Bertz CT molecular complexity index is 1430. The summed E-state index contributed by atoms with van der Waals surface area (Å²) in [5, 5.41) is 13.6. The summed E-state index contributed by atoms with van der Waals surface area (Å²) in [5.74, 6) is -1.12. The number of H-pyrrole nitrogens is 1. The van der Waals surface area contributed by atoms with Crippen LogP contribution in [0.4, 0.5) is 10.1 Å². The van der Waals surface area contributed by atoms with Crippen LogP contribution >= 0.6 is 0 Å². The summed E-state index contributed by atoms with van der Waals surface area (Å²) in [6, 6.07) is 11.3. The second-order valence-electron chi connectivity index (χ2n) is 9.52. The lowest BCUT2D eigenvalue weighted by Gasteiger charge is -2.18. The molecular weight excluding hydrogens is 447 g/mol. The van der Waals surface area contributed by atoms with Gasteiger partial charge >= 0.3 is 0 Å². The van der Waals surface area contributed by atoms with E-state index in [2.05, 4.69) is 46.4 Å². The zero-order valence-electron chi connectivity index (χ0n) is 20.3. The van der Waals surface area contributed by atoms with E-state index in [-0.39, 0.29) is 22.4 Å². The number of hydrogen-bond donors (Lipinski definition) is 2. The Morgan fingerprint density at radius 3 is 2.54 bits per heavy atom. The quantitative estimate of drug-likeness (QED) is 0.452. The average Bonchev–Trinajstić information content (AvgIpc) is 3.13. The Hall–Kier alpha value is -4.14. The number of benzene rings is 1. The molecule has 0 saturated heterocycles. The van der Waals surface area contributed by atoms with Crippen molar-refractivity contribution in [1.82, 2.24) is 25.0 Å². The molecule has 1 aromatic carbocycles. The molecule has 9 heteroatoms. The van der Waals surface area contributed by atoms with Gasteiger partial charge in [0.15, 0.2) is 0 Å². The van der Waals surface area contributed by atoms with Gasteiger partial charge in [-0.2, -0.15) is 10.2 Å². The van der Waals surface area contributed by atoms with Gasteiger partial charge in [0.05, 0.1) is 17.1 Å². The standard InChI is InChI=1S/C26H27FN6O2/c1-15-10-19(32-33(15)5)11-17-13-22(30-31-24(17)34)16-6-8-20(27)23(12-16)29-25(35)21-9-7-18(14-28-21)26(2,3)4/h6-10,12-14H,11H2,1-5H3,(H,29,35)(H,31,34). The molecule has 8 nitrogen and oxygen atoms in total. The fourth-order valence-electron chi connectivity index (χ4n) is 3.58. The zero-order valence-corrected chi connectivity index (χ0v) is 20.3. The molecule has 35 heavy (non-hydrogen) atoms. The fourth-order valence-corrected chi connectivity index (χ4v) is 3.58. The lowest BCUT2D eigenvalue weighted by molar-refractivity contribution is 0.102. The first-order chi connectivity index (χ1) is 16.5. The maximum absolute atomic E-state index is 14.5. The van der Waals surface area contributed by atoms with E-state index in [1.165, 1.54) is 18.2 Å². The molecule has 0 fully saturated rings. The number of anilines is 1. The van der Waals surface area contributed by atoms with Gasteiger partial charge in [-0.15, -0.1) is 0 Å². The second-order valence-corrected chi connectivity index (χ2v) is 9.52. The van der Waals surface area contributed by atoms with Crippen molar-refractivity contribution in [3.05, 3.63) is 93.0 Å². The summed E-state index contributed by atoms with van der Waals surface area (Å²) in [7, 11) is 1.84. The van der Waals surface area contributed by atoms with Crippen LogP contribution in [0.3, 0.4) is 0 Å². The monoisotopic (exact) mass is 474 g/mol. The molecule has 0 atom stereocenters. The number of nitrogens with one attached hydrogen (secondary N) is 2. The Labute approximate surface area is 202 Å². The van der Waals surface area contributed by atoms with E-state index in [1.54, 1.807) is 23.0 Å². The Morgan fingerprint density at radius 2 is 1.91 bits per heavy atom. The summed E-state index contributed by atoms with van der Waals surface area (Å²) >= 11 is 0. The van der Waals surface area contributed by atoms with Crippen LogP contribution in [0.1, 0.15) is 53.8 Å². The van der Waals surface area contributed by atoms with E-state index in [0.29, 0.717) is 23.2 Å². The van der Waals surface area contributed by atoms with E-state index in [0.717, 1.165) is 17.0 Å². The normalized spacial score (nSPS) is 11.5. The number of aryl methyl sites for hydroxylation is 2. The average molecular weight is 475 g/mol. The van der Waals surface area contributed by atoms with Crippen LogP contribution in [-0.2, 0) is 18.9 Å². The minimum atomic E-state index is -0.595. The number of nitrogens with zero attached hydrogens (tertiary/aromatic N) is 4. The Balaban J connectivity index is 1.58. The smallest absolute Gasteiger partial charge is 0.274 e. The summed E-state index contributed by atoms with van der Waals surface area (Å²) in [6.45, 7) is 8.09. The first-order valence-corrected chi connectivity index (χ1v) is 11.2. The molecule has 0 bridgehead atoms. The molecule has 3 heterocycles. The van der Waals surface area contributed by atoms with Crippen molar-refractivity contribution in [2.24, 2.45) is 7.05 Å². The molecule has 3 aromatic heterocycles. The molecule has 0 spiro atoms. The molecule has 0 aliphatic heterocycles. The van der Waals surface area contributed by atoms with Crippen LogP contribution in [0.25, 0.3) is 11.3 Å². The van der Waals surface area contributed by atoms with Crippen molar-refractivity contribution < 1.29 is 9.18 Å². The molecule has 4 aromatic rings. The van der Waals surface area contributed by atoms with E-state index < -0.39 is 11.7 Å². The number of hydrogen-bond acceptors (Lipinski definition) is 5. The molecule has 4 rings (SSSR count). The van der Waals surface area contributed by atoms with Crippen molar-refractivity contribution in [1.29, 1.82) is 0 Å². The maximum Gasteiger partial charge on any atom is 0.274 e. The summed E-state index contributed by atoms with van der Waals surface area (Å²) < 4.78 is 16.3. The highest BCUT2D eigenvalue weighted by Crippen LogP contribution is 2.25. The molecule has 180 valence electrons. The van der Waals surface area contributed by atoms with E-state index in [1.807, 2.05) is 26.1 Å². The van der Waals surface area contributed by atoms with E-state index in [9.17, 15) is 14.0 Å². The number of carbonyl (C=O) groups is 1. The van der Waals surface area contributed by atoms with Gasteiger partial charge < -0.3 is 5.32 Å². The number of rotatable bonds is 5. The topological polar surface area (TPSA) is 106 Å². The van der Waals surface area contributed by atoms with Crippen LogP contribution in [-0.4, -0.2) is 30.9 Å². The first-order valence-electron chi connectivity index (χ1n) is 11.2. The number of amides is 1. The van der Waals surface area contributed by atoms with E-state index >= 15 is 0 Å². The molecule has 0 unspecified atom stereocenters. The number of aromatic amines is 1. The zero-order chi connectivity index (χ0) is 25.3. The SMILES string of the molecule is Cc1cc(Cc2cc(-c3ccc(F)c(NC(=O)c4ccc(C(C)(C)C)cn4)c3)n[nH]c2=O)nn1C. The second kappa shape index (κ2) is 9.25. The molecule has 1 amide bonds. The molecule has 0 aliphatic rings. The summed E-state index contributed by atoms with van der Waals surface area (Å²) in [4.78, 5) is 29.3. The highest BCUT2D eigenvalue weighted by atomic mass is 19.1. The van der Waals surface area contributed by atoms with Crippen molar-refractivity contribution in [2.45, 2.75) is 39.5 Å². The van der Waals surface area contributed by atoms with Crippen LogP contribution in [0.5, 0.6) is 0 Å². The predicted molar refractivity (Wildman–Crippen MR) is 132 cm³/mol. The molecular formula is C26H27FN6O2. The number of aromatic nitrogens is 5. The predicted octanol–water partition coefficient (Wildman–Crippen LogP) is 4.15. The van der Waals surface area contributed by atoms with Gasteiger partial charge in [-0.1, -0.05) is 26.8 Å². The van der Waals surface area contributed by atoms with Gasteiger partial charge in [0.25, 0.3) is 11.5 Å². The Morgan fingerprint density at radius 1 is 1.14 bits per heavy atom. The number of carbonyl (C=O) groups excluding carboxylic acids is 1. The maximum atomic E-state index is 14.5. The molecule has 0 aliphatic carbocycles. The summed E-state index contributed by atoms with van der Waals surface area (Å²) in [5.41, 5.74) is 3.92. The van der Waals surface area contributed by atoms with Crippen LogP contribution in [0.15, 0.2) is 53.5 Å². The van der Waals surface area contributed by atoms with Crippen molar-refractivity contribution in [3.63, 3.8) is 0 Å². The third-order valence-electron chi connectivity index (χ3n) is 5.79. The van der Waals surface area contributed by atoms with Crippen LogP contribution in [0.2, 0.25) is 0 Å². The fraction of sp³-hybridized carbons (Fsp3) is 0.269. The Kier molecular flexibility index (Phi) is 6.34. The van der Waals surface area contributed by atoms with Gasteiger partial charge in [0.2, 0.25) is 0 Å². The van der Waals surface area contributed by atoms with Gasteiger partial charge in [-0.25, -0.2) is 9.49 Å². The van der Waals surface area contributed by atoms with E-state index in [4.69, 9.17) is 0 Å². The molecule has 2 N–H and O–H groups in total. The van der Waals surface area contributed by atoms with Crippen LogP contribution < -0.4 is 10.9 Å². The lowest BCUT2D eigenvalue weighted by atomic mass is 9.88. The molecule has 0 saturated carbocycles. The number of halogens is 1. The van der Waals surface area contributed by atoms with Gasteiger partial charge in [-0.3, -0.25) is 19.3 Å². The van der Waals surface area contributed by atoms with Crippen molar-refractivity contribution >= 4 is 11.6 Å². The van der Waals surface area contributed by atoms with Crippen molar-refractivity contribution in [3.8, 4) is 11.3 Å². The van der Waals surface area contributed by atoms with Crippen LogP contribution in [0, 0.1) is 12.7 Å². The van der Waals surface area contributed by atoms with Gasteiger partial charge in [-0.05, 0) is 54.3 Å². The van der Waals surface area contributed by atoms with Gasteiger partial charge in [0, 0.05) is 36.5 Å². The summed E-state index contributed by atoms with van der Waals surface area (Å²) in [6.07, 6.45) is 1.98. The highest BCUT2D eigenvalue weighted by molar-refractivity contribution is 6.03. The molecule has 0 radical (unpaired) electrons. The minimum absolute atomic E-state index is 0.0101. The third kappa shape index (κ3) is 5.34. The minimum Gasteiger partial charge on any atom is -0.318 e. The van der Waals surface area contributed by atoms with Crippen molar-refractivity contribution in [2.75, 3.05) is 5.32 Å².